The molecule has 2 rings (SSSR count). The van der Waals surface area contributed by atoms with Crippen LogP contribution in [0.5, 0.6) is 0 Å². The molecule has 0 saturated carbocycles. The molecule has 0 radical (unpaired) electrons. The predicted molar refractivity (Wildman–Crippen MR) is 88.6 cm³/mol. The van der Waals surface area contributed by atoms with Gasteiger partial charge in [0.2, 0.25) is 0 Å². The van der Waals surface area contributed by atoms with Crippen LogP contribution < -0.4 is 0 Å². The summed E-state index contributed by atoms with van der Waals surface area (Å²) in [6, 6.07) is 9.94. The second kappa shape index (κ2) is 7.20. The zero-order chi connectivity index (χ0) is 15.4. The number of carboxylic acid groups (broad SMARTS) is 1. The number of nitrogens with zero attached hydrogens (tertiary/aromatic N) is 2. The summed E-state index contributed by atoms with van der Waals surface area (Å²) in [6.07, 6.45) is 0. The van der Waals surface area contributed by atoms with E-state index in [0.717, 1.165) is 5.56 Å². The van der Waals surface area contributed by atoms with Crippen molar-refractivity contribution in [2.45, 2.75) is 30.0 Å². The Morgan fingerprint density at radius 2 is 2.10 bits per heavy atom. The van der Waals surface area contributed by atoms with Crippen LogP contribution in [0.25, 0.3) is 0 Å². The number of aliphatic carboxylic acids is 1. The molecule has 0 aliphatic heterocycles. The molecule has 112 valence electrons. The highest BCUT2D eigenvalue weighted by Gasteiger charge is 2.24. The van der Waals surface area contributed by atoms with Crippen molar-refractivity contribution in [1.82, 2.24) is 9.78 Å². The van der Waals surface area contributed by atoms with E-state index in [-0.39, 0.29) is 5.92 Å². The van der Waals surface area contributed by atoms with E-state index in [2.05, 4.69) is 5.10 Å². The molecular formula is C14H16N2O2S3. The lowest BCUT2D eigenvalue weighted by atomic mass is 10.1. The van der Waals surface area contributed by atoms with E-state index >= 15 is 0 Å². The lowest BCUT2D eigenvalue weighted by Crippen LogP contribution is -2.22. The third-order valence-electron chi connectivity index (χ3n) is 2.84. The molecule has 0 bridgehead atoms. The zero-order valence-electron chi connectivity index (χ0n) is 11.7. The first-order chi connectivity index (χ1) is 9.97. The van der Waals surface area contributed by atoms with Crippen LogP contribution in [0.1, 0.15) is 19.4 Å². The SMILES string of the molecule is CC(C)C(Sc1nn(Cc2ccccc2)c(=S)s1)C(=O)O. The van der Waals surface area contributed by atoms with Crippen molar-refractivity contribution in [2.75, 3.05) is 0 Å². The number of hydrogen-bond donors (Lipinski definition) is 1. The molecule has 7 heteroatoms. The number of carbonyl (C=O) groups is 1. The molecule has 2 aromatic rings. The van der Waals surface area contributed by atoms with Gasteiger partial charge in [0.15, 0.2) is 8.29 Å². The van der Waals surface area contributed by atoms with Crippen LogP contribution in [0.3, 0.4) is 0 Å². The first kappa shape index (κ1) is 16.2. The zero-order valence-corrected chi connectivity index (χ0v) is 14.2. The van der Waals surface area contributed by atoms with Gasteiger partial charge in [0, 0.05) is 0 Å². The number of carboxylic acids is 1. The minimum atomic E-state index is -0.814. The summed E-state index contributed by atoms with van der Waals surface area (Å²) >= 11 is 7.95. The van der Waals surface area contributed by atoms with E-state index < -0.39 is 11.2 Å². The number of thioether (sulfide) groups is 1. The van der Waals surface area contributed by atoms with Crippen molar-refractivity contribution in [3.63, 3.8) is 0 Å². The fourth-order valence-corrected chi connectivity index (χ4v) is 4.25. The van der Waals surface area contributed by atoms with Crippen LogP contribution in [0.15, 0.2) is 34.7 Å². The molecule has 0 amide bonds. The topological polar surface area (TPSA) is 55.1 Å². The van der Waals surface area contributed by atoms with Gasteiger partial charge in [0.25, 0.3) is 0 Å². The van der Waals surface area contributed by atoms with Crippen LogP contribution in [0.2, 0.25) is 0 Å². The molecule has 1 aromatic heterocycles. The van der Waals surface area contributed by atoms with E-state index in [9.17, 15) is 9.90 Å². The summed E-state index contributed by atoms with van der Waals surface area (Å²) in [5, 5.41) is 13.2. The maximum absolute atomic E-state index is 11.3. The summed E-state index contributed by atoms with van der Waals surface area (Å²) in [4.78, 5) is 11.3. The Balaban J connectivity index is 2.16. The number of aromatic nitrogens is 2. The standard InChI is InChI=1S/C14H16N2O2S3/c1-9(2)11(12(17)18)20-13-15-16(14(19)21-13)8-10-6-4-3-5-7-10/h3-7,9,11H,8H2,1-2H3,(H,17,18). The van der Waals surface area contributed by atoms with Gasteiger partial charge >= 0.3 is 5.97 Å². The van der Waals surface area contributed by atoms with Gasteiger partial charge in [-0.15, -0.1) is 0 Å². The average molecular weight is 340 g/mol. The van der Waals surface area contributed by atoms with E-state index in [1.807, 2.05) is 44.2 Å². The Kier molecular flexibility index (Phi) is 5.55. The smallest absolute Gasteiger partial charge is 0.317 e. The number of hydrogen-bond acceptors (Lipinski definition) is 5. The summed E-state index contributed by atoms with van der Waals surface area (Å²) in [7, 11) is 0. The lowest BCUT2D eigenvalue weighted by Gasteiger charge is -2.13. The molecular weight excluding hydrogens is 324 g/mol. The van der Waals surface area contributed by atoms with Gasteiger partial charge < -0.3 is 5.11 Å². The Bertz CT molecular complexity index is 664. The maximum Gasteiger partial charge on any atom is 0.317 e. The van der Waals surface area contributed by atoms with E-state index in [0.29, 0.717) is 14.8 Å². The van der Waals surface area contributed by atoms with E-state index in [4.69, 9.17) is 12.2 Å². The third-order valence-corrected chi connectivity index (χ3v) is 5.76. The molecule has 1 N–H and O–H groups in total. The third kappa shape index (κ3) is 4.39. The highest BCUT2D eigenvalue weighted by molar-refractivity contribution is 8.02. The number of benzene rings is 1. The first-order valence-electron chi connectivity index (χ1n) is 6.48. The van der Waals surface area contributed by atoms with Crippen LogP contribution in [0, 0.1) is 9.87 Å². The second-order valence-electron chi connectivity index (χ2n) is 4.90. The predicted octanol–water partition coefficient (Wildman–Crippen LogP) is 3.92. The van der Waals surface area contributed by atoms with Crippen LogP contribution in [-0.2, 0) is 11.3 Å². The quantitative estimate of drug-likeness (QED) is 0.638. The fourth-order valence-electron chi connectivity index (χ4n) is 1.77. The molecule has 4 nitrogen and oxygen atoms in total. The van der Waals surface area contributed by atoms with Gasteiger partial charge in [-0.1, -0.05) is 67.3 Å². The molecule has 0 aliphatic rings. The Labute approximate surface area is 136 Å². The summed E-state index contributed by atoms with van der Waals surface area (Å²) in [5.74, 6) is -0.779. The van der Waals surface area contributed by atoms with Gasteiger partial charge in [-0.3, -0.25) is 4.79 Å². The minimum absolute atomic E-state index is 0.0348. The summed E-state index contributed by atoms with van der Waals surface area (Å²) in [6.45, 7) is 4.40. The van der Waals surface area contributed by atoms with Gasteiger partial charge in [0.05, 0.1) is 6.54 Å². The van der Waals surface area contributed by atoms with Gasteiger partial charge in [-0.2, -0.15) is 5.10 Å². The molecule has 1 aromatic carbocycles. The Morgan fingerprint density at radius 3 is 2.67 bits per heavy atom. The second-order valence-corrected chi connectivity index (χ2v) is 7.91. The van der Waals surface area contributed by atoms with Crippen LogP contribution in [-0.4, -0.2) is 26.1 Å². The van der Waals surface area contributed by atoms with Crippen molar-refractivity contribution >= 4 is 41.3 Å². The first-order valence-corrected chi connectivity index (χ1v) is 8.59. The molecule has 1 unspecified atom stereocenters. The number of rotatable bonds is 6. The highest BCUT2D eigenvalue weighted by Crippen LogP contribution is 2.30. The molecule has 0 fully saturated rings. The molecule has 21 heavy (non-hydrogen) atoms. The van der Waals surface area contributed by atoms with Crippen molar-refractivity contribution < 1.29 is 9.90 Å². The molecule has 1 heterocycles. The molecule has 0 aliphatic carbocycles. The Morgan fingerprint density at radius 1 is 1.43 bits per heavy atom. The summed E-state index contributed by atoms with van der Waals surface area (Å²) in [5.41, 5.74) is 1.12. The van der Waals surface area contributed by atoms with Crippen LogP contribution in [0.4, 0.5) is 0 Å². The van der Waals surface area contributed by atoms with Crippen LogP contribution >= 0.6 is 35.3 Å². The molecule has 0 saturated heterocycles. The largest absolute Gasteiger partial charge is 0.480 e. The molecule has 0 spiro atoms. The maximum atomic E-state index is 11.3. The van der Waals surface area contributed by atoms with E-state index in [1.54, 1.807) is 4.68 Å². The highest BCUT2D eigenvalue weighted by atomic mass is 32.2. The van der Waals surface area contributed by atoms with Gasteiger partial charge in [-0.05, 0) is 23.7 Å². The van der Waals surface area contributed by atoms with Crippen molar-refractivity contribution in [2.24, 2.45) is 5.92 Å². The monoisotopic (exact) mass is 340 g/mol. The Hall–Kier alpha value is -1.18. The summed E-state index contributed by atoms with van der Waals surface area (Å²) < 4.78 is 3.11. The fraction of sp³-hybridized carbons (Fsp3) is 0.357. The normalized spacial score (nSPS) is 12.5. The van der Waals surface area contributed by atoms with Gasteiger partial charge in [-0.25, -0.2) is 4.68 Å². The average Bonchev–Trinajstić information content (AvgIpc) is 2.77. The lowest BCUT2D eigenvalue weighted by molar-refractivity contribution is -0.137. The van der Waals surface area contributed by atoms with E-state index in [1.165, 1.54) is 23.1 Å². The van der Waals surface area contributed by atoms with Gasteiger partial charge in [0.1, 0.15) is 5.25 Å². The van der Waals surface area contributed by atoms with Crippen molar-refractivity contribution in [1.29, 1.82) is 0 Å². The minimum Gasteiger partial charge on any atom is -0.480 e. The molecule has 1 atom stereocenters. The van der Waals surface area contributed by atoms with Crippen molar-refractivity contribution in [3.8, 4) is 0 Å². The van der Waals surface area contributed by atoms with Crippen molar-refractivity contribution in [3.05, 3.63) is 39.8 Å².